The van der Waals surface area contributed by atoms with Crippen LogP contribution in [0.2, 0.25) is 10.0 Å². The molecule has 2 heterocycles. The first-order valence-electron chi connectivity index (χ1n) is 9.80. The topological polar surface area (TPSA) is 69.0 Å². The Bertz CT molecular complexity index is 1230. The molecule has 0 atom stereocenters. The number of benzene rings is 2. The molecule has 0 radical (unpaired) electrons. The largest absolute Gasteiger partial charge is 0.492 e. The summed E-state index contributed by atoms with van der Waals surface area (Å²) in [5.41, 5.74) is 3.16. The van der Waals surface area contributed by atoms with Crippen molar-refractivity contribution in [1.29, 1.82) is 0 Å². The number of amides is 1. The first-order valence-corrected chi connectivity index (χ1v) is 10.6. The number of hydrogen-bond donors (Lipinski definition) is 1. The molecule has 4 aromatic rings. The smallest absolute Gasteiger partial charge is 0.224 e. The number of aromatic nitrogens is 3. The fraction of sp³-hybridized carbons (Fsp3) is 0.174. The molecule has 0 aliphatic carbocycles. The highest BCUT2D eigenvalue weighted by Gasteiger charge is 2.12. The molecule has 2 aromatic carbocycles. The third-order valence-electron chi connectivity index (χ3n) is 4.69. The monoisotopic (exact) mass is 454 g/mol. The average molecular weight is 455 g/mol. The van der Waals surface area contributed by atoms with Gasteiger partial charge in [-0.2, -0.15) is 5.10 Å². The Labute approximate surface area is 189 Å². The molecule has 158 valence electrons. The second kappa shape index (κ2) is 9.37. The molecule has 6 nitrogen and oxygen atoms in total. The molecule has 0 spiro atoms. The second-order valence-corrected chi connectivity index (χ2v) is 7.85. The minimum absolute atomic E-state index is 0.111. The van der Waals surface area contributed by atoms with Crippen LogP contribution in [-0.2, 0) is 4.79 Å². The second-order valence-electron chi connectivity index (χ2n) is 7.00. The molecule has 0 saturated heterocycles. The summed E-state index contributed by atoms with van der Waals surface area (Å²) < 4.78 is 7.42. The van der Waals surface area contributed by atoms with E-state index in [2.05, 4.69) is 15.4 Å². The van der Waals surface area contributed by atoms with Crippen LogP contribution in [0.25, 0.3) is 16.7 Å². The molecule has 0 saturated carbocycles. The van der Waals surface area contributed by atoms with E-state index in [1.807, 2.05) is 43.3 Å². The van der Waals surface area contributed by atoms with E-state index in [9.17, 15) is 4.79 Å². The summed E-state index contributed by atoms with van der Waals surface area (Å²) in [5, 5.41) is 9.36. The van der Waals surface area contributed by atoms with Crippen molar-refractivity contribution in [1.82, 2.24) is 14.8 Å². The number of nitrogens with one attached hydrogen (secondary N) is 1. The van der Waals surface area contributed by atoms with Crippen LogP contribution < -0.4 is 10.1 Å². The van der Waals surface area contributed by atoms with E-state index in [-0.39, 0.29) is 5.91 Å². The van der Waals surface area contributed by atoms with Gasteiger partial charge in [-0.3, -0.25) is 4.79 Å². The van der Waals surface area contributed by atoms with E-state index >= 15 is 0 Å². The highest BCUT2D eigenvalue weighted by molar-refractivity contribution is 6.35. The van der Waals surface area contributed by atoms with Crippen LogP contribution in [0.1, 0.15) is 18.5 Å². The molecule has 8 heteroatoms. The summed E-state index contributed by atoms with van der Waals surface area (Å²) in [5.74, 6) is 0.437. The van der Waals surface area contributed by atoms with Crippen LogP contribution in [0.4, 0.5) is 5.69 Å². The summed E-state index contributed by atoms with van der Waals surface area (Å²) in [6.07, 6.45) is 2.50. The Morgan fingerprint density at radius 2 is 1.94 bits per heavy atom. The number of nitrogens with zero attached hydrogens (tertiary/aromatic N) is 3. The van der Waals surface area contributed by atoms with E-state index in [0.29, 0.717) is 40.9 Å². The van der Waals surface area contributed by atoms with E-state index in [1.165, 1.54) is 0 Å². The molecular weight excluding hydrogens is 435 g/mol. The summed E-state index contributed by atoms with van der Waals surface area (Å²) >= 11 is 11.9. The van der Waals surface area contributed by atoms with Crippen molar-refractivity contribution < 1.29 is 9.53 Å². The van der Waals surface area contributed by atoms with Gasteiger partial charge in [0.2, 0.25) is 5.91 Å². The van der Waals surface area contributed by atoms with Crippen LogP contribution in [0, 0.1) is 6.92 Å². The normalized spacial score (nSPS) is 10.9. The van der Waals surface area contributed by atoms with Crippen molar-refractivity contribution in [3.63, 3.8) is 0 Å². The first kappa shape index (κ1) is 21.2. The minimum atomic E-state index is -0.111. The number of halogens is 2. The van der Waals surface area contributed by atoms with Crippen LogP contribution in [-0.4, -0.2) is 27.3 Å². The van der Waals surface area contributed by atoms with Gasteiger partial charge in [0, 0.05) is 16.8 Å². The number of ether oxygens (including phenoxy) is 1. The van der Waals surface area contributed by atoms with Gasteiger partial charge in [0.1, 0.15) is 5.75 Å². The van der Waals surface area contributed by atoms with Crippen LogP contribution in [0.5, 0.6) is 5.75 Å². The van der Waals surface area contributed by atoms with Gasteiger partial charge in [-0.1, -0.05) is 41.4 Å². The maximum Gasteiger partial charge on any atom is 0.224 e. The Morgan fingerprint density at radius 3 is 2.71 bits per heavy atom. The zero-order valence-electron chi connectivity index (χ0n) is 16.8. The number of hydrogen-bond acceptors (Lipinski definition) is 4. The number of carbonyl (C=O) groups is 1. The molecule has 31 heavy (non-hydrogen) atoms. The zero-order valence-corrected chi connectivity index (χ0v) is 18.3. The Kier molecular flexibility index (Phi) is 6.39. The van der Waals surface area contributed by atoms with Gasteiger partial charge >= 0.3 is 0 Å². The highest BCUT2D eigenvalue weighted by atomic mass is 35.5. The Balaban J connectivity index is 1.36. The van der Waals surface area contributed by atoms with E-state index in [1.54, 1.807) is 29.1 Å². The van der Waals surface area contributed by atoms with Crippen LogP contribution in [0.15, 0.2) is 60.8 Å². The van der Waals surface area contributed by atoms with Gasteiger partial charge in [0.25, 0.3) is 0 Å². The van der Waals surface area contributed by atoms with Gasteiger partial charge in [0.05, 0.1) is 34.9 Å². The van der Waals surface area contributed by atoms with Crippen LogP contribution >= 0.6 is 23.2 Å². The molecule has 0 bridgehead atoms. The van der Waals surface area contributed by atoms with Crippen molar-refractivity contribution in [2.24, 2.45) is 0 Å². The lowest BCUT2D eigenvalue weighted by Crippen LogP contribution is -2.13. The summed E-state index contributed by atoms with van der Waals surface area (Å²) in [6.45, 7) is 2.29. The van der Waals surface area contributed by atoms with Gasteiger partial charge in [-0.05, 0) is 49.7 Å². The standard InChI is InChI=1S/C23H20Cl2N4O2/c1-15-19-13-17(14-26-23(19)29(28-15)18-6-3-2-4-7-18)27-22(30)8-5-11-31-21-10-9-16(24)12-20(21)25/h2-4,6-7,9-10,12-14H,5,8,11H2,1H3,(H,27,30). The lowest BCUT2D eigenvalue weighted by molar-refractivity contribution is -0.116. The van der Waals surface area contributed by atoms with Crippen molar-refractivity contribution in [2.45, 2.75) is 19.8 Å². The third kappa shape index (κ3) is 4.98. The van der Waals surface area contributed by atoms with Gasteiger partial charge in [-0.25, -0.2) is 9.67 Å². The molecular formula is C23H20Cl2N4O2. The number of aryl methyl sites for hydroxylation is 1. The molecule has 1 amide bonds. The lowest BCUT2D eigenvalue weighted by atomic mass is 10.2. The Morgan fingerprint density at radius 1 is 1.13 bits per heavy atom. The summed E-state index contributed by atoms with van der Waals surface area (Å²) in [7, 11) is 0. The lowest BCUT2D eigenvalue weighted by Gasteiger charge is -2.09. The number of anilines is 1. The molecule has 4 rings (SSSR count). The van der Waals surface area contributed by atoms with E-state index < -0.39 is 0 Å². The van der Waals surface area contributed by atoms with Crippen molar-refractivity contribution >= 4 is 45.8 Å². The van der Waals surface area contributed by atoms with Crippen molar-refractivity contribution in [3.8, 4) is 11.4 Å². The molecule has 0 fully saturated rings. The zero-order chi connectivity index (χ0) is 21.8. The van der Waals surface area contributed by atoms with Crippen LogP contribution in [0.3, 0.4) is 0 Å². The fourth-order valence-corrected chi connectivity index (χ4v) is 3.66. The third-order valence-corrected chi connectivity index (χ3v) is 5.22. The maximum absolute atomic E-state index is 12.3. The molecule has 0 aliphatic rings. The maximum atomic E-state index is 12.3. The molecule has 1 N–H and O–H groups in total. The highest BCUT2D eigenvalue weighted by Crippen LogP contribution is 2.27. The summed E-state index contributed by atoms with van der Waals surface area (Å²) in [6, 6.07) is 16.8. The number of para-hydroxylation sites is 1. The SMILES string of the molecule is Cc1nn(-c2ccccc2)c2ncc(NC(=O)CCCOc3ccc(Cl)cc3Cl)cc12. The fourth-order valence-electron chi connectivity index (χ4n) is 3.19. The van der Waals surface area contributed by atoms with E-state index in [0.717, 1.165) is 22.4 Å². The number of pyridine rings is 1. The molecule has 0 aliphatic heterocycles. The number of fused-ring (bicyclic) bond motifs is 1. The first-order chi connectivity index (χ1) is 15.0. The number of rotatable bonds is 7. The van der Waals surface area contributed by atoms with Crippen molar-refractivity contribution in [2.75, 3.05) is 11.9 Å². The van der Waals surface area contributed by atoms with Gasteiger partial charge < -0.3 is 10.1 Å². The average Bonchev–Trinajstić information content (AvgIpc) is 3.09. The number of carbonyl (C=O) groups excluding carboxylic acids is 1. The predicted octanol–water partition coefficient (Wildman–Crippen LogP) is 5.83. The predicted molar refractivity (Wildman–Crippen MR) is 123 cm³/mol. The molecule has 2 aromatic heterocycles. The molecule has 0 unspecified atom stereocenters. The summed E-state index contributed by atoms with van der Waals surface area (Å²) in [4.78, 5) is 16.8. The quantitative estimate of drug-likeness (QED) is 0.356. The Hall–Kier alpha value is -3.09. The van der Waals surface area contributed by atoms with Crippen molar-refractivity contribution in [3.05, 3.63) is 76.5 Å². The van der Waals surface area contributed by atoms with Gasteiger partial charge in [0.15, 0.2) is 5.65 Å². The van der Waals surface area contributed by atoms with E-state index in [4.69, 9.17) is 27.9 Å². The van der Waals surface area contributed by atoms with Gasteiger partial charge in [-0.15, -0.1) is 0 Å². The minimum Gasteiger partial charge on any atom is -0.492 e.